The van der Waals surface area contributed by atoms with E-state index in [4.69, 9.17) is 5.11 Å². The zero-order valence-electron chi connectivity index (χ0n) is 15.4. The van der Waals surface area contributed by atoms with Gasteiger partial charge in [-0.1, -0.05) is 29.8 Å². The molecule has 0 aliphatic heterocycles. The second kappa shape index (κ2) is 7.45. The quantitative estimate of drug-likeness (QED) is 0.697. The molecule has 0 aliphatic carbocycles. The fourth-order valence-electron chi connectivity index (χ4n) is 2.80. The first-order valence-corrected chi connectivity index (χ1v) is 8.53. The van der Waals surface area contributed by atoms with Gasteiger partial charge in [-0.25, -0.2) is 9.48 Å². The Hall–Kier alpha value is -3.42. The van der Waals surface area contributed by atoms with Crippen LogP contribution in [0.2, 0.25) is 0 Å². The molecule has 8 heteroatoms. The monoisotopic (exact) mass is 367 g/mol. The Kier molecular flexibility index (Phi) is 5.07. The zero-order chi connectivity index (χ0) is 19.6. The number of hydrogen-bond acceptors (Lipinski definition) is 4. The molecule has 140 valence electrons. The Morgan fingerprint density at radius 1 is 1.22 bits per heavy atom. The van der Waals surface area contributed by atoms with Gasteiger partial charge in [0.05, 0.1) is 6.54 Å². The predicted octanol–water partition coefficient (Wildman–Crippen LogP) is 2.64. The second-order valence-corrected chi connectivity index (χ2v) is 6.45. The number of rotatable bonds is 6. The first kappa shape index (κ1) is 18.4. The summed E-state index contributed by atoms with van der Waals surface area (Å²) in [4.78, 5) is 23.7. The number of carbonyl (C=O) groups is 2. The van der Waals surface area contributed by atoms with Crippen LogP contribution in [0.25, 0.3) is 0 Å². The van der Waals surface area contributed by atoms with Gasteiger partial charge in [0.25, 0.3) is 5.91 Å². The molecule has 2 aromatic heterocycles. The highest BCUT2D eigenvalue weighted by Crippen LogP contribution is 2.15. The van der Waals surface area contributed by atoms with Gasteiger partial charge in [0.1, 0.15) is 11.7 Å². The summed E-state index contributed by atoms with van der Waals surface area (Å²) < 4.78 is 2.98. The number of aliphatic carboxylic acids is 1. The van der Waals surface area contributed by atoms with Gasteiger partial charge in [0, 0.05) is 18.0 Å². The molecule has 0 spiro atoms. The molecule has 1 aromatic carbocycles. The Labute approximate surface area is 156 Å². The number of aryl methyl sites for hydroxylation is 2. The van der Waals surface area contributed by atoms with E-state index in [2.05, 4.69) is 21.6 Å². The smallest absolute Gasteiger partial charge is 0.328 e. The number of aromatic nitrogens is 4. The number of carbonyl (C=O) groups excluding carboxylic acids is 1. The average molecular weight is 367 g/mol. The third-order valence-corrected chi connectivity index (χ3v) is 4.26. The average Bonchev–Trinajstić information content (AvgIpc) is 3.21. The minimum absolute atomic E-state index is 0.163. The van der Waals surface area contributed by atoms with Gasteiger partial charge in [-0.2, -0.15) is 10.2 Å². The van der Waals surface area contributed by atoms with Crippen molar-refractivity contribution in [1.29, 1.82) is 0 Å². The molecular weight excluding hydrogens is 346 g/mol. The van der Waals surface area contributed by atoms with Crippen molar-refractivity contribution in [2.75, 3.05) is 5.32 Å². The topological polar surface area (TPSA) is 102 Å². The summed E-state index contributed by atoms with van der Waals surface area (Å²) in [6.45, 7) is 6.01. The van der Waals surface area contributed by atoms with Crippen molar-refractivity contribution in [3.8, 4) is 0 Å². The summed E-state index contributed by atoms with van der Waals surface area (Å²) in [5.41, 5.74) is 3.36. The molecule has 8 nitrogen and oxygen atoms in total. The van der Waals surface area contributed by atoms with Gasteiger partial charge in [-0.05, 0) is 32.4 Å². The molecule has 0 radical (unpaired) electrons. The number of carboxylic acids is 1. The molecule has 0 saturated heterocycles. The molecule has 1 atom stereocenters. The molecule has 27 heavy (non-hydrogen) atoms. The molecule has 0 bridgehead atoms. The normalized spacial score (nSPS) is 12.0. The van der Waals surface area contributed by atoms with Crippen LogP contribution in [0.5, 0.6) is 0 Å². The molecule has 1 amide bonds. The minimum Gasteiger partial charge on any atom is -0.480 e. The number of amides is 1. The van der Waals surface area contributed by atoms with Gasteiger partial charge < -0.3 is 10.4 Å². The van der Waals surface area contributed by atoms with E-state index < -0.39 is 17.9 Å². The lowest BCUT2D eigenvalue weighted by atomic mass is 10.1. The van der Waals surface area contributed by atoms with E-state index in [1.807, 2.05) is 36.7 Å². The summed E-state index contributed by atoms with van der Waals surface area (Å²) in [7, 11) is 0. The SMILES string of the molecule is Cc1cccc(Cn2nc(NC(=O)c3ccnn3C(C)C(=O)O)cc2C)c1. The lowest BCUT2D eigenvalue weighted by Crippen LogP contribution is -2.24. The van der Waals surface area contributed by atoms with E-state index in [0.29, 0.717) is 12.4 Å². The Balaban J connectivity index is 1.76. The van der Waals surface area contributed by atoms with E-state index in [9.17, 15) is 9.59 Å². The molecular formula is C19H21N5O3. The van der Waals surface area contributed by atoms with E-state index in [0.717, 1.165) is 11.3 Å². The lowest BCUT2D eigenvalue weighted by molar-refractivity contribution is -0.140. The number of anilines is 1. The van der Waals surface area contributed by atoms with Crippen LogP contribution < -0.4 is 5.32 Å². The number of hydrogen-bond donors (Lipinski definition) is 2. The number of nitrogens with zero attached hydrogens (tertiary/aromatic N) is 4. The second-order valence-electron chi connectivity index (χ2n) is 6.45. The highest BCUT2D eigenvalue weighted by Gasteiger charge is 2.21. The van der Waals surface area contributed by atoms with Crippen LogP contribution in [-0.4, -0.2) is 36.5 Å². The van der Waals surface area contributed by atoms with Crippen LogP contribution >= 0.6 is 0 Å². The summed E-state index contributed by atoms with van der Waals surface area (Å²) in [6, 6.07) is 10.5. The molecule has 0 saturated carbocycles. The van der Waals surface area contributed by atoms with E-state index in [1.54, 1.807) is 6.07 Å². The number of nitrogens with one attached hydrogen (secondary N) is 1. The van der Waals surface area contributed by atoms with Crippen molar-refractivity contribution < 1.29 is 14.7 Å². The summed E-state index contributed by atoms with van der Waals surface area (Å²) in [5, 5.41) is 20.2. The van der Waals surface area contributed by atoms with E-state index >= 15 is 0 Å². The minimum atomic E-state index is -1.06. The highest BCUT2D eigenvalue weighted by molar-refractivity contribution is 6.02. The zero-order valence-corrected chi connectivity index (χ0v) is 15.4. The van der Waals surface area contributed by atoms with Crippen molar-refractivity contribution in [2.24, 2.45) is 0 Å². The maximum Gasteiger partial charge on any atom is 0.328 e. The molecule has 2 N–H and O–H groups in total. The van der Waals surface area contributed by atoms with Crippen LogP contribution in [0.15, 0.2) is 42.6 Å². The molecule has 0 fully saturated rings. The number of carboxylic acid groups (broad SMARTS) is 1. The van der Waals surface area contributed by atoms with Gasteiger partial charge in [-0.3, -0.25) is 9.48 Å². The lowest BCUT2D eigenvalue weighted by Gasteiger charge is -2.10. The Morgan fingerprint density at radius 3 is 2.70 bits per heavy atom. The molecule has 2 heterocycles. The van der Waals surface area contributed by atoms with Crippen LogP contribution in [-0.2, 0) is 11.3 Å². The maximum atomic E-state index is 12.5. The molecule has 3 aromatic rings. The molecule has 1 unspecified atom stereocenters. The third-order valence-electron chi connectivity index (χ3n) is 4.26. The highest BCUT2D eigenvalue weighted by atomic mass is 16.4. The third kappa shape index (κ3) is 4.05. The van der Waals surface area contributed by atoms with Crippen LogP contribution in [0, 0.1) is 13.8 Å². The van der Waals surface area contributed by atoms with Crippen molar-refractivity contribution >= 4 is 17.7 Å². The Bertz CT molecular complexity index is 989. The largest absolute Gasteiger partial charge is 0.480 e. The van der Waals surface area contributed by atoms with Crippen molar-refractivity contribution in [3.05, 3.63) is 65.1 Å². The van der Waals surface area contributed by atoms with Crippen LogP contribution in [0.3, 0.4) is 0 Å². The summed E-state index contributed by atoms with van der Waals surface area (Å²) in [5.74, 6) is -1.12. The molecule has 3 rings (SSSR count). The summed E-state index contributed by atoms with van der Waals surface area (Å²) in [6.07, 6.45) is 1.40. The van der Waals surface area contributed by atoms with Crippen molar-refractivity contribution in [2.45, 2.75) is 33.4 Å². The van der Waals surface area contributed by atoms with Crippen LogP contribution in [0.1, 0.15) is 40.3 Å². The predicted molar refractivity (Wildman–Crippen MR) is 99.8 cm³/mol. The fraction of sp³-hybridized carbons (Fsp3) is 0.263. The van der Waals surface area contributed by atoms with Gasteiger partial charge >= 0.3 is 5.97 Å². The van der Waals surface area contributed by atoms with E-state index in [-0.39, 0.29) is 5.69 Å². The Morgan fingerprint density at radius 2 is 2.00 bits per heavy atom. The number of benzene rings is 1. The fourth-order valence-corrected chi connectivity index (χ4v) is 2.80. The first-order valence-electron chi connectivity index (χ1n) is 8.53. The van der Waals surface area contributed by atoms with Gasteiger partial charge in [0.2, 0.25) is 0 Å². The standard InChI is InChI=1S/C19H21N5O3/c1-12-5-4-6-15(9-12)11-23-13(2)10-17(22-23)21-18(25)16-7-8-20-24(16)14(3)19(26)27/h4-10,14H,11H2,1-3H3,(H,26,27)(H,21,22,25). The summed E-state index contributed by atoms with van der Waals surface area (Å²) >= 11 is 0. The molecule has 0 aliphatic rings. The van der Waals surface area contributed by atoms with Crippen molar-refractivity contribution in [3.63, 3.8) is 0 Å². The van der Waals surface area contributed by atoms with E-state index in [1.165, 1.54) is 29.4 Å². The van der Waals surface area contributed by atoms with Crippen LogP contribution in [0.4, 0.5) is 5.82 Å². The van der Waals surface area contributed by atoms with Crippen molar-refractivity contribution in [1.82, 2.24) is 19.6 Å². The first-order chi connectivity index (χ1) is 12.8. The maximum absolute atomic E-state index is 12.5. The van der Waals surface area contributed by atoms with Gasteiger partial charge in [-0.15, -0.1) is 0 Å². The van der Waals surface area contributed by atoms with Gasteiger partial charge in [0.15, 0.2) is 5.82 Å².